The van der Waals surface area contributed by atoms with Gasteiger partial charge in [0.25, 0.3) is 5.91 Å². The minimum atomic E-state index is -1.40. The molecule has 1 saturated heterocycles. The number of aromatic nitrogens is 2. The van der Waals surface area contributed by atoms with Crippen molar-refractivity contribution in [2.24, 2.45) is 0 Å². The van der Waals surface area contributed by atoms with Gasteiger partial charge in [-0.1, -0.05) is 11.6 Å². The average Bonchev–Trinajstić information content (AvgIpc) is 2.81. The fourth-order valence-electron chi connectivity index (χ4n) is 3.87. The third-order valence-corrected chi connectivity index (χ3v) is 5.94. The number of aliphatic hydroxyl groups is 1. The van der Waals surface area contributed by atoms with Crippen molar-refractivity contribution in [1.82, 2.24) is 14.9 Å². The van der Waals surface area contributed by atoms with Gasteiger partial charge in [0.15, 0.2) is 11.5 Å². The number of ether oxygens (including phenoxy) is 2. The van der Waals surface area contributed by atoms with Gasteiger partial charge in [-0.25, -0.2) is 14.4 Å². The second-order valence-electron chi connectivity index (χ2n) is 8.66. The summed E-state index contributed by atoms with van der Waals surface area (Å²) in [6.07, 6.45) is 2.53. The number of halogens is 2. The zero-order valence-electron chi connectivity index (χ0n) is 19.1. The molecule has 10 heteroatoms. The summed E-state index contributed by atoms with van der Waals surface area (Å²) in [6.45, 7) is 3.96. The topological polar surface area (TPSA) is 96.8 Å². The first-order valence-corrected chi connectivity index (χ1v) is 11.3. The number of anilines is 2. The molecule has 2 N–H and O–H groups in total. The van der Waals surface area contributed by atoms with Crippen LogP contribution in [0.5, 0.6) is 11.5 Å². The molecule has 2 aromatic carbocycles. The van der Waals surface area contributed by atoms with E-state index in [2.05, 4.69) is 15.3 Å². The molecule has 0 spiro atoms. The van der Waals surface area contributed by atoms with Gasteiger partial charge in [0, 0.05) is 43.1 Å². The molecule has 1 aromatic heterocycles. The summed E-state index contributed by atoms with van der Waals surface area (Å²) in [5.74, 6) is 0.762. The van der Waals surface area contributed by atoms with Crippen molar-refractivity contribution in [1.29, 1.82) is 0 Å². The first-order chi connectivity index (χ1) is 16.2. The highest BCUT2D eigenvalue weighted by atomic mass is 35.5. The fourth-order valence-corrected chi connectivity index (χ4v) is 4.05. The Bertz CT molecular complexity index is 1210. The number of likely N-dealkylation sites (tertiary alicyclic amines) is 1. The molecule has 0 bridgehead atoms. The monoisotopic (exact) mass is 488 g/mol. The van der Waals surface area contributed by atoms with Crippen molar-refractivity contribution in [2.75, 3.05) is 25.5 Å². The second-order valence-corrected chi connectivity index (χ2v) is 9.07. The van der Waals surface area contributed by atoms with E-state index in [1.807, 2.05) is 0 Å². The Hall–Kier alpha value is -3.17. The van der Waals surface area contributed by atoms with Crippen LogP contribution >= 0.6 is 11.6 Å². The van der Waals surface area contributed by atoms with Crippen molar-refractivity contribution in [3.05, 3.63) is 47.5 Å². The zero-order chi connectivity index (χ0) is 24.5. The minimum Gasteiger partial charge on any atom is -0.493 e. The summed E-state index contributed by atoms with van der Waals surface area (Å²) >= 11 is 5.90. The van der Waals surface area contributed by atoms with Crippen LogP contribution in [0.25, 0.3) is 10.9 Å². The van der Waals surface area contributed by atoms with Crippen LogP contribution in [0.3, 0.4) is 0 Å². The van der Waals surface area contributed by atoms with E-state index in [0.717, 1.165) is 0 Å². The van der Waals surface area contributed by atoms with Gasteiger partial charge in [-0.05, 0) is 38.1 Å². The molecule has 3 aromatic rings. The Kier molecular flexibility index (Phi) is 6.77. The lowest BCUT2D eigenvalue weighted by molar-refractivity contribution is -0.149. The van der Waals surface area contributed by atoms with Gasteiger partial charge in [-0.15, -0.1) is 0 Å². The fraction of sp³-hybridized carbons (Fsp3) is 0.375. The Balaban J connectivity index is 1.56. The zero-order valence-corrected chi connectivity index (χ0v) is 19.9. The summed E-state index contributed by atoms with van der Waals surface area (Å²) in [5, 5.41) is 13.8. The number of fused-ring (bicyclic) bond motifs is 1. The molecule has 1 aliphatic heterocycles. The Morgan fingerprint density at radius 1 is 1.21 bits per heavy atom. The Labute approximate surface area is 201 Å². The first kappa shape index (κ1) is 24.0. The average molecular weight is 489 g/mol. The number of carbonyl (C=O) groups excluding carboxylic acids is 1. The number of nitrogens with one attached hydrogen (secondary N) is 1. The molecular formula is C24H26ClFN4O4. The minimum absolute atomic E-state index is 0.00321. The smallest absolute Gasteiger partial charge is 0.253 e. The maximum absolute atomic E-state index is 13.5. The molecule has 0 radical (unpaired) electrons. The standard InChI is InChI=1S/C24H26ClFN4O4/c1-24(2,32)23(31)30-8-6-15(7-9-30)34-21-11-16-19(12-20(21)33-3)27-13-28-22(16)29-14-4-5-18(26)17(25)10-14/h4-5,10-13,15,32H,6-9H2,1-3H3,(H,27,28,29). The van der Waals surface area contributed by atoms with Crippen molar-refractivity contribution in [3.63, 3.8) is 0 Å². The van der Waals surface area contributed by atoms with Gasteiger partial charge in [-0.3, -0.25) is 4.79 Å². The van der Waals surface area contributed by atoms with Crippen LogP contribution in [-0.4, -0.2) is 57.8 Å². The summed E-state index contributed by atoms with van der Waals surface area (Å²) in [6, 6.07) is 7.89. The number of hydrogen-bond acceptors (Lipinski definition) is 7. The number of carbonyl (C=O) groups is 1. The van der Waals surface area contributed by atoms with Crippen LogP contribution in [0.2, 0.25) is 5.02 Å². The van der Waals surface area contributed by atoms with Crippen molar-refractivity contribution < 1.29 is 23.8 Å². The summed E-state index contributed by atoms with van der Waals surface area (Å²) in [4.78, 5) is 22.6. The number of amides is 1. The quantitative estimate of drug-likeness (QED) is 0.533. The SMILES string of the molecule is COc1cc2ncnc(Nc3ccc(F)c(Cl)c3)c2cc1OC1CCN(C(=O)C(C)(C)O)CC1. The molecule has 34 heavy (non-hydrogen) atoms. The van der Waals surface area contributed by atoms with Crippen molar-refractivity contribution in [2.45, 2.75) is 38.4 Å². The summed E-state index contributed by atoms with van der Waals surface area (Å²) in [5.41, 5.74) is -0.179. The van der Waals surface area contributed by atoms with E-state index in [1.54, 1.807) is 30.2 Å². The van der Waals surface area contributed by atoms with Crippen LogP contribution in [0.1, 0.15) is 26.7 Å². The third kappa shape index (κ3) is 5.15. The molecule has 1 aliphatic rings. The number of hydrogen-bond donors (Lipinski definition) is 2. The maximum atomic E-state index is 13.5. The molecule has 2 heterocycles. The summed E-state index contributed by atoms with van der Waals surface area (Å²) < 4.78 is 25.3. The van der Waals surface area contributed by atoms with Crippen LogP contribution < -0.4 is 14.8 Å². The lowest BCUT2D eigenvalue weighted by Gasteiger charge is -2.35. The van der Waals surface area contributed by atoms with E-state index >= 15 is 0 Å². The number of nitrogens with zero attached hydrogens (tertiary/aromatic N) is 3. The van der Waals surface area contributed by atoms with E-state index < -0.39 is 11.4 Å². The number of benzene rings is 2. The molecule has 0 atom stereocenters. The highest BCUT2D eigenvalue weighted by Crippen LogP contribution is 2.36. The normalized spacial score (nSPS) is 14.8. The van der Waals surface area contributed by atoms with Crippen LogP contribution in [-0.2, 0) is 4.79 Å². The van der Waals surface area contributed by atoms with E-state index in [0.29, 0.717) is 59.8 Å². The molecule has 180 valence electrons. The molecule has 0 aliphatic carbocycles. The Morgan fingerprint density at radius 3 is 2.59 bits per heavy atom. The van der Waals surface area contributed by atoms with Crippen LogP contribution in [0.4, 0.5) is 15.9 Å². The molecule has 1 fully saturated rings. The molecular weight excluding hydrogens is 463 g/mol. The van der Waals surface area contributed by atoms with E-state index in [9.17, 15) is 14.3 Å². The van der Waals surface area contributed by atoms with Crippen molar-refractivity contribution >= 4 is 39.9 Å². The van der Waals surface area contributed by atoms with Crippen molar-refractivity contribution in [3.8, 4) is 11.5 Å². The largest absolute Gasteiger partial charge is 0.493 e. The molecule has 4 rings (SSSR count). The molecule has 0 unspecified atom stereocenters. The first-order valence-electron chi connectivity index (χ1n) is 10.9. The number of rotatable bonds is 6. The Morgan fingerprint density at radius 2 is 1.94 bits per heavy atom. The maximum Gasteiger partial charge on any atom is 0.253 e. The van der Waals surface area contributed by atoms with E-state index in [1.165, 1.54) is 32.3 Å². The highest BCUT2D eigenvalue weighted by Gasteiger charge is 2.32. The van der Waals surface area contributed by atoms with Gasteiger partial charge in [0.2, 0.25) is 0 Å². The van der Waals surface area contributed by atoms with E-state index in [4.69, 9.17) is 21.1 Å². The van der Waals surface area contributed by atoms with E-state index in [-0.39, 0.29) is 17.0 Å². The number of methoxy groups -OCH3 is 1. The van der Waals surface area contributed by atoms with Gasteiger partial charge in [0.05, 0.1) is 17.6 Å². The predicted octanol–water partition coefficient (Wildman–Crippen LogP) is 4.32. The number of piperidine rings is 1. The third-order valence-electron chi connectivity index (χ3n) is 5.65. The van der Waals surface area contributed by atoms with Gasteiger partial charge in [0.1, 0.15) is 29.7 Å². The van der Waals surface area contributed by atoms with Crippen LogP contribution in [0, 0.1) is 5.82 Å². The van der Waals surface area contributed by atoms with Gasteiger partial charge >= 0.3 is 0 Å². The van der Waals surface area contributed by atoms with Gasteiger partial charge < -0.3 is 24.8 Å². The van der Waals surface area contributed by atoms with Gasteiger partial charge in [-0.2, -0.15) is 0 Å². The molecule has 0 saturated carbocycles. The lowest BCUT2D eigenvalue weighted by atomic mass is 10.0. The molecule has 8 nitrogen and oxygen atoms in total. The molecule has 1 amide bonds. The second kappa shape index (κ2) is 9.60. The lowest BCUT2D eigenvalue weighted by Crippen LogP contribution is -2.49. The predicted molar refractivity (Wildman–Crippen MR) is 127 cm³/mol. The highest BCUT2D eigenvalue weighted by molar-refractivity contribution is 6.31. The summed E-state index contributed by atoms with van der Waals surface area (Å²) in [7, 11) is 1.56. The van der Waals surface area contributed by atoms with Crippen LogP contribution in [0.15, 0.2) is 36.7 Å².